The lowest BCUT2D eigenvalue weighted by Crippen LogP contribution is -2.36. The molecule has 1 aromatic rings. The van der Waals surface area contributed by atoms with Crippen LogP contribution in [0.5, 0.6) is 0 Å². The van der Waals surface area contributed by atoms with Crippen molar-refractivity contribution in [3.05, 3.63) is 18.1 Å². The SMILES string of the molecule is CN1CCC(CN(C)c2cnc(C(=N)N)cn2)CC1. The summed E-state index contributed by atoms with van der Waals surface area (Å²) in [5.41, 5.74) is 5.79. The molecule has 2 rings (SSSR count). The third-order valence-corrected chi connectivity index (χ3v) is 3.68. The number of nitrogens with one attached hydrogen (secondary N) is 1. The minimum Gasteiger partial charge on any atom is -0.382 e. The number of hydrogen-bond donors (Lipinski definition) is 2. The normalized spacial score (nSPS) is 17.4. The van der Waals surface area contributed by atoms with Crippen LogP contribution in [0.2, 0.25) is 0 Å². The Balaban J connectivity index is 1.92. The van der Waals surface area contributed by atoms with Crippen molar-refractivity contribution < 1.29 is 0 Å². The fourth-order valence-electron chi connectivity index (χ4n) is 2.38. The van der Waals surface area contributed by atoms with Crippen LogP contribution in [-0.2, 0) is 0 Å². The van der Waals surface area contributed by atoms with Gasteiger partial charge in [0.1, 0.15) is 17.3 Å². The first-order valence-corrected chi connectivity index (χ1v) is 6.62. The van der Waals surface area contributed by atoms with Gasteiger partial charge in [-0.05, 0) is 38.9 Å². The van der Waals surface area contributed by atoms with Gasteiger partial charge in [-0.2, -0.15) is 0 Å². The molecule has 0 aromatic carbocycles. The van der Waals surface area contributed by atoms with E-state index in [9.17, 15) is 0 Å². The maximum absolute atomic E-state index is 7.29. The van der Waals surface area contributed by atoms with Gasteiger partial charge in [0, 0.05) is 13.6 Å². The Bertz CT molecular complexity index is 421. The van der Waals surface area contributed by atoms with Crippen molar-refractivity contribution in [1.29, 1.82) is 5.41 Å². The van der Waals surface area contributed by atoms with Crippen LogP contribution in [0.4, 0.5) is 5.82 Å². The van der Waals surface area contributed by atoms with E-state index in [-0.39, 0.29) is 5.84 Å². The highest BCUT2D eigenvalue weighted by atomic mass is 15.2. The van der Waals surface area contributed by atoms with Crippen LogP contribution in [0, 0.1) is 11.3 Å². The number of nitrogen functional groups attached to an aromatic ring is 1. The fraction of sp³-hybridized carbons (Fsp3) is 0.615. The highest BCUT2D eigenvalue weighted by Crippen LogP contribution is 2.18. The maximum atomic E-state index is 7.29. The summed E-state index contributed by atoms with van der Waals surface area (Å²) in [5.74, 6) is 1.51. The van der Waals surface area contributed by atoms with Crippen molar-refractivity contribution in [2.75, 3.05) is 38.6 Å². The van der Waals surface area contributed by atoms with Crippen molar-refractivity contribution in [1.82, 2.24) is 14.9 Å². The Morgan fingerprint density at radius 1 is 1.42 bits per heavy atom. The van der Waals surface area contributed by atoms with Gasteiger partial charge in [0.05, 0.1) is 12.4 Å². The minimum atomic E-state index is -0.0444. The van der Waals surface area contributed by atoms with Crippen LogP contribution in [0.25, 0.3) is 0 Å². The highest BCUT2D eigenvalue weighted by Gasteiger charge is 2.18. The zero-order chi connectivity index (χ0) is 13.8. The second kappa shape index (κ2) is 5.97. The molecule has 2 heterocycles. The number of nitrogens with zero attached hydrogens (tertiary/aromatic N) is 4. The lowest BCUT2D eigenvalue weighted by atomic mass is 9.97. The number of hydrogen-bond acceptors (Lipinski definition) is 5. The van der Waals surface area contributed by atoms with E-state index in [1.807, 2.05) is 7.05 Å². The minimum absolute atomic E-state index is 0.0444. The van der Waals surface area contributed by atoms with Crippen molar-refractivity contribution >= 4 is 11.7 Å². The lowest BCUT2D eigenvalue weighted by Gasteiger charge is -2.31. The Hall–Kier alpha value is -1.69. The van der Waals surface area contributed by atoms with Crippen LogP contribution in [0.15, 0.2) is 12.4 Å². The van der Waals surface area contributed by atoms with Crippen LogP contribution in [0.1, 0.15) is 18.5 Å². The smallest absolute Gasteiger partial charge is 0.146 e. The number of likely N-dealkylation sites (tertiary alicyclic amines) is 1. The predicted octanol–water partition coefficient (Wildman–Crippen LogP) is 0.539. The van der Waals surface area contributed by atoms with E-state index in [0.717, 1.165) is 18.3 Å². The van der Waals surface area contributed by atoms with Gasteiger partial charge in [0.15, 0.2) is 0 Å². The van der Waals surface area contributed by atoms with Gasteiger partial charge in [-0.15, -0.1) is 0 Å². The molecule has 104 valence electrons. The summed E-state index contributed by atoms with van der Waals surface area (Å²) < 4.78 is 0. The van der Waals surface area contributed by atoms with E-state index >= 15 is 0 Å². The van der Waals surface area contributed by atoms with E-state index in [2.05, 4.69) is 26.8 Å². The average molecular weight is 262 g/mol. The van der Waals surface area contributed by atoms with Gasteiger partial charge < -0.3 is 15.5 Å². The van der Waals surface area contributed by atoms with Gasteiger partial charge in [-0.3, -0.25) is 5.41 Å². The second-order valence-corrected chi connectivity index (χ2v) is 5.30. The Labute approximate surface area is 114 Å². The van der Waals surface area contributed by atoms with Crippen molar-refractivity contribution in [3.63, 3.8) is 0 Å². The van der Waals surface area contributed by atoms with Crippen LogP contribution in [-0.4, -0.2) is 54.4 Å². The summed E-state index contributed by atoms with van der Waals surface area (Å²) in [7, 11) is 4.21. The maximum Gasteiger partial charge on any atom is 0.146 e. The van der Waals surface area contributed by atoms with Crippen molar-refractivity contribution in [2.45, 2.75) is 12.8 Å². The molecule has 0 aliphatic carbocycles. The Morgan fingerprint density at radius 2 is 2.11 bits per heavy atom. The number of aromatic nitrogens is 2. The standard InChI is InChI=1S/C13H22N6/c1-18-5-3-10(4-6-18)9-19(2)12-8-16-11(7-17-12)13(14)15/h7-8,10H,3-6,9H2,1-2H3,(H3,14,15). The van der Waals surface area contributed by atoms with Gasteiger partial charge >= 0.3 is 0 Å². The number of rotatable bonds is 4. The molecule has 0 unspecified atom stereocenters. The molecule has 6 nitrogen and oxygen atoms in total. The number of nitrogens with two attached hydrogens (primary N) is 1. The second-order valence-electron chi connectivity index (χ2n) is 5.30. The van der Waals surface area contributed by atoms with Crippen LogP contribution < -0.4 is 10.6 Å². The van der Waals surface area contributed by atoms with Gasteiger partial charge in [-0.25, -0.2) is 9.97 Å². The van der Waals surface area contributed by atoms with E-state index in [1.165, 1.54) is 25.9 Å². The molecule has 1 aliphatic heterocycles. The van der Waals surface area contributed by atoms with Crippen molar-refractivity contribution in [3.8, 4) is 0 Å². The summed E-state index contributed by atoms with van der Waals surface area (Å²) >= 11 is 0. The molecule has 0 atom stereocenters. The summed E-state index contributed by atoms with van der Waals surface area (Å²) in [6.07, 6.45) is 5.72. The lowest BCUT2D eigenvalue weighted by molar-refractivity contribution is 0.222. The molecule has 6 heteroatoms. The molecule has 0 spiro atoms. The molecular weight excluding hydrogens is 240 g/mol. The quantitative estimate of drug-likeness (QED) is 0.611. The molecule has 1 aromatic heterocycles. The fourth-order valence-corrected chi connectivity index (χ4v) is 2.38. The third kappa shape index (κ3) is 3.64. The molecule has 19 heavy (non-hydrogen) atoms. The first-order valence-electron chi connectivity index (χ1n) is 6.62. The molecule has 3 N–H and O–H groups in total. The zero-order valence-electron chi connectivity index (χ0n) is 11.6. The van der Waals surface area contributed by atoms with Crippen molar-refractivity contribution in [2.24, 2.45) is 11.7 Å². The number of piperidine rings is 1. The Kier molecular flexibility index (Phi) is 4.31. The van der Waals surface area contributed by atoms with E-state index in [1.54, 1.807) is 12.4 Å². The topological polar surface area (TPSA) is 82.1 Å². The van der Waals surface area contributed by atoms with Gasteiger partial charge in [0.25, 0.3) is 0 Å². The highest BCUT2D eigenvalue weighted by molar-refractivity contribution is 5.92. The number of amidine groups is 1. The first kappa shape index (κ1) is 13.7. The Morgan fingerprint density at radius 3 is 2.63 bits per heavy atom. The van der Waals surface area contributed by atoms with Crippen LogP contribution >= 0.6 is 0 Å². The predicted molar refractivity (Wildman–Crippen MR) is 76.5 cm³/mol. The molecule has 0 amide bonds. The molecule has 1 saturated heterocycles. The molecular formula is C13H22N6. The summed E-state index contributed by atoms with van der Waals surface area (Å²) in [4.78, 5) is 13.0. The van der Waals surface area contributed by atoms with E-state index in [4.69, 9.17) is 11.1 Å². The monoisotopic (exact) mass is 262 g/mol. The largest absolute Gasteiger partial charge is 0.382 e. The molecule has 0 saturated carbocycles. The van der Waals surface area contributed by atoms with E-state index in [0.29, 0.717) is 5.69 Å². The molecule has 0 bridgehead atoms. The summed E-state index contributed by atoms with van der Waals surface area (Å²) in [5, 5.41) is 7.29. The molecule has 0 radical (unpaired) electrons. The zero-order valence-corrected chi connectivity index (χ0v) is 11.6. The number of anilines is 1. The summed E-state index contributed by atoms with van der Waals surface area (Å²) in [6, 6.07) is 0. The molecule has 1 fully saturated rings. The first-order chi connectivity index (χ1) is 9.06. The van der Waals surface area contributed by atoms with Crippen LogP contribution in [0.3, 0.4) is 0 Å². The van der Waals surface area contributed by atoms with Gasteiger partial charge in [0.2, 0.25) is 0 Å². The van der Waals surface area contributed by atoms with Gasteiger partial charge in [-0.1, -0.05) is 0 Å². The molecule has 1 aliphatic rings. The van der Waals surface area contributed by atoms with E-state index < -0.39 is 0 Å². The summed E-state index contributed by atoms with van der Waals surface area (Å²) in [6.45, 7) is 3.35. The average Bonchev–Trinajstić information content (AvgIpc) is 2.41. The third-order valence-electron chi connectivity index (χ3n) is 3.68.